The second-order valence-electron chi connectivity index (χ2n) is 5.15. The third-order valence-corrected chi connectivity index (χ3v) is 4.84. The number of halogens is 1. The van der Waals surface area contributed by atoms with E-state index >= 15 is 0 Å². The summed E-state index contributed by atoms with van der Waals surface area (Å²) in [6.07, 6.45) is 0. The number of hydrogen-bond donors (Lipinski definition) is 3. The van der Waals surface area contributed by atoms with Crippen LogP contribution in [0.25, 0.3) is 10.1 Å². The summed E-state index contributed by atoms with van der Waals surface area (Å²) in [5.74, 6) is -0.478. The van der Waals surface area contributed by atoms with Gasteiger partial charge < -0.3 is 5.32 Å². The van der Waals surface area contributed by atoms with E-state index in [2.05, 4.69) is 11.4 Å². The van der Waals surface area contributed by atoms with Gasteiger partial charge in [0, 0.05) is 22.8 Å². The molecule has 1 heterocycles. The highest BCUT2D eigenvalue weighted by molar-refractivity contribution is 7.20. The lowest BCUT2D eigenvalue weighted by Gasteiger charge is -2.05. The third-order valence-electron chi connectivity index (χ3n) is 3.48. The van der Waals surface area contributed by atoms with Crippen LogP contribution in [0.2, 0.25) is 5.02 Å². The maximum atomic E-state index is 11.4. The number of thiophene rings is 1. The molecular formula is C17H15ClN2O2S. The lowest BCUT2D eigenvalue weighted by atomic mass is 10.1. The van der Waals surface area contributed by atoms with E-state index in [0.29, 0.717) is 4.88 Å². The Morgan fingerprint density at radius 2 is 1.74 bits per heavy atom. The predicted molar refractivity (Wildman–Crippen MR) is 93.1 cm³/mol. The highest BCUT2D eigenvalue weighted by atomic mass is 35.5. The van der Waals surface area contributed by atoms with Crippen LogP contribution in [-0.2, 0) is 13.1 Å². The minimum atomic E-state index is -0.478. The highest BCUT2D eigenvalue weighted by Crippen LogP contribution is 2.26. The van der Waals surface area contributed by atoms with Gasteiger partial charge in [-0.3, -0.25) is 10.0 Å². The fourth-order valence-corrected chi connectivity index (χ4v) is 3.38. The van der Waals surface area contributed by atoms with E-state index in [-0.39, 0.29) is 0 Å². The van der Waals surface area contributed by atoms with E-state index in [1.807, 2.05) is 36.4 Å². The number of amides is 1. The first-order chi connectivity index (χ1) is 11.2. The number of benzene rings is 2. The molecule has 1 aromatic heterocycles. The molecule has 0 fully saturated rings. The van der Waals surface area contributed by atoms with Crippen molar-refractivity contribution >= 4 is 38.9 Å². The van der Waals surface area contributed by atoms with Crippen molar-refractivity contribution in [3.8, 4) is 0 Å². The Hall–Kier alpha value is -1.92. The molecule has 0 spiro atoms. The van der Waals surface area contributed by atoms with Crippen LogP contribution in [0.3, 0.4) is 0 Å². The van der Waals surface area contributed by atoms with Gasteiger partial charge >= 0.3 is 0 Å². The minimum Gasteiger partial charge on any atom is -0.309 e. The monoisotopic (exact) mass is 346 g/mol. The van der Waals surface area contributed by atoms with Gasteiger partial charge in [0.1, 0.15) is 0 Å². The first kappa shape index (κ1) is 16.0. The van der Waals surface area contributed by atoms with Gasteiger partial charge in [0.15, 0.2) is 0 Å². The van der Waals surface area contributed by atoms with Crippen molar-refractivity contribution in [1.29, 1.82) is 0 Å². The molecule has 0 aliphatic heterocycles. The predicted octanol–water partition coefficient (Wildman–Crippen LogP) is 3.96. The molecule has 3 aromatic rings. The normalized spacial score (nSPS) is 10.9. The fourth-order valence-electron chi connectivity index (χ4n) is 2.32. The Morgan fingerprint density at radius 1 is 1.04 bits per heavy atom. The van der Waals surface area contributed by atoms with Crippen LogP contribution >= 0.6 is 22.9 Å². The summed E-state index contributed by atoms with van der Waals surface area (Å²) in [5, 5.41) is 13.8. The SMILES string of the molecule is O=C(NO)c1cc2cc(CNCc3ccc(Cl)cc3)ccc2s1. The molecule has 4 nitrogen and oxygen atoms in total. The van der Waals surface area contributed by atoms with E-state index in [9.17, 15) is 4.79 Å². The minimum absolute atomic E-state index is 0.478. The zero-order valence-corrected chi connectivity index (χ0v) is 13.7. The summed E-state index contributed by atoms with van der Waals surface area (Å²) < 4.78 is 1.02. The Balaban J connectivity index is 1.66. The molecule has 1 amide bonds. The average Bonchev–Trinajstić information content (AvgIpc) is 2.99. The zero-order chi connectivity index (χ0) is 16.2. The molecule has 0 aliphatic rings. The molecule has 23 heavy (non-hydrogen) atoms. The van der Waals surface area contributed by atoms with Crippen molar-refractivity contribution in [2.75, 3.05) is 0 Å². The molecule has 0 unspecified atom stereocenters. The number of carbonyl (C=O) groups is 1. The topological polar surface area (TPSA) is 61.4 Å². The standard InChI is InChI=1S/C17H15ClN2O2S/c18-14-4-1-11(2-5-14)9-19-10-12-3-6-15-13(7-12)8-16(23-15)17(21)20-22/h1-8,19,22H,9-10H2,(H,20,21). The number of hydrogen-bond acceptors (Lipinski definition) is 4. The molecule has 118 valence electrons. The van der Waals surface area contributed by atoms with Crippen LogP contribution in [0.1, 0.15) is 20.8 Å². The smallest absolute Gasteiger partial charge is 0.284 e. The number of rotatable bonds is 5. The summed E-state index contributed by atoms with van der Waals surface area (Å²) in [4.78, 5) is 11.9. The molecule has 0 bridgehead atoms. The maximum absolute atomic E-state index is 11.4. The van der Waals surface area contributed by atoms with Crippen molar-refractivity contribution in [1.82, 2.24) is 10.8 Å². The van der Waals surface area contributed by atoms with Crippen LogP contribution in [0, 0.1) is 0 Å². The number of hydroxylamine groups is 1. The van der Waals surface area contributed by atoms with Crippen LogP contribution in [0.15, 0.2) is 48.5 Å². The van der Waals surface area contributed by atoms with Crippen molar-refractivity contribution < 1.29 is 10.0 Å². The van der Waals surface area contributed by atoms with E-state index in [0.717, 1.165) is 33.8 Å². The number of carbonyl (C=O) groups excluding carboxylic acids is 1. The largest absolute Gasteiger partial charge is 0.309 e. The number of fused-ring (bicyclic) bond motifs is 1. The van der Waals surface area contributed by atoms with Gasteiger partial charge in [0.05, 0.1) is 4.88 Å². The molecule has 0 saturated heterocycles. The van der Waals surface area contributed by atoms with Gasteiger partial charge in [-0.2, -0.15) is 0 Å². The molecule has 6 heteroatoms. The summed E-state index contributed by atoms with van der Waals surface area (Å²) in [5.41, 5.74) is 3.98. The lowest BCUT2D eigenvalue weighted by molar-refractivity contribution is 0.0711. The molecule has 0 saturated carbocycles. The Kier molecular flexibility index (Phi) is 4.93. The quantitative estimate of drug-likeness (QED) is 0.484. The highest BCUT2D eigenvalue weighted by Gasteiger charge is 2.09. The van der Waals surface area contributed by atoms with Gasteiger partial charge in [0.25, 0.3) is 5.91 Å². The van der Waals surface area contributed by atoms with Crippen molar-refractivity contribution in [2.45, 2.75) is 13.1 Å². The Bertz CT molecular complexity index is 830. The average molecular weight is 347 g/mol. The van der Waals surface area contributed by atoms with E-state index < -0.39 is 5.91 Å². The summed E-state index contributed by atoms with van der Waals surface area (Å²) in [6.45, 7) is 1.49. The van der Waals surface area contributed by atoms with E-state index in [1.165, 1.54) is 16.9 Å². The first-order valence-corrected chi connectivity index (χ1v) is 8.27. The molecular weight excluding hydrogens is 332 g/mol. The second kappa shape index (κ2) is 7.10. The summed E-state index contributed by atoms with van der Waals surface area (Å²) >= 11 is 7.22. The van der Waals surface area contributed by atoms with Gasteiger partial charge in [-0.1, -0.05) is 29.8 Å². The van der Waals surface area contributed by atoms with Gasteiger partial charge in [-0.05, 0) is 46.8 Å². The van der Waals surface area contributed by atoms with E-state index in [4.69, 9.17) is 16.8 Å². The molecule has 2 aromatic carbocycles. The molecule has 3 rings (SSSR count). The fraction of sp³-hybridized carbons (Fsp3) is 0.118. The van der Waals surface area contributed by atoms with Gasteiger partial charge in [-0.25, -0.2) is 5.48 Å². The first-order valence-electron chi connectivity index (χ1n) is 7.08. The van der Waals surface area contributed by atoms with Crippen molar-refractivity contribution in [3.63, 3.8) is 0 Å². The van der Waals surface area contributed by atoms with Crippen molar-refractivity contribution in [3.05, 3.63) is 69.6 Å². The second-order valence-corrected chi connectivity index (χ2v) is 6.67. The van der Waals surface area contributed by atoms with E-state index in [1.54, 1.807) is 11.5 Å². The van der Waals surface area contributed by atoms with Crippen LogP contribution in [0.4, 0.5) is 0 Å². The Morgan fingerprint density at radius 3 is 2.48 bits per heavy atom. The summed E-state index contributed by atoms with van der Waals surface area (Å²) in [6, 6.07) is 15.6. The molecule has 3 N–H and O–H groups in total. The summed E-state index contributed by atoms with van der Waals surface area (Å²) in [7, 11) is 0. The van der Waals surface area contributed by atoms with Crippen LogP contribution < -0.4 is 10.8 Å². The third kappa shape index (κ3) is 3.89. The number of nitrogens with one attached hydrogen (secondary N) is 2. The lowest BCUT2D eigenvalue weighted by Crippen LogP contribution is -2.16. The van der Waals surface area contributed by atoms with Crippen LogP contribution in [-0.4, -0.2) is 11.1 Å². The maximum Gasteiger partial charge on any atom is 0.284 e. The Labute approximate surface area is 142 Å². The van der Waals surface area contributed by atoms with Crippen molar-refractivity contribution in [2.24, 2.45) is 0 Å². The molecule has 0 atom stereocenters. The van der Waals surface area contributed by atoms with Gasteiger partial charge in [0.2, 0.25) is 0 Å². The molecule has 0 radical (unpaired) electrons. The molecule has 0 aliphatic carbocycles. The zero-order valence-electron chi connectivity index (χ0n) is 12.2. The van der Waals surface area contributed by atoms with Crippen LogP contribution in [0.5, 0.6) is 0 Å². The van der Waals surface area contributed by atoms with Gasteiger partial charge in [-0.15, -0.1) is 11.3 Å².